The van der Waals surface area contributed by atoms with Gasteiger partial charge >= 0.3 is 0 Å². The molecule has 0 bridgehead atoms. The SMILES string of the molecule is N#C/C(=C\c1ccc(Cc2ccccc2Cl)c(Cl)c1)C(=O)Nc1ccc(Br)cc1. The summed E-state index contributed by atoms with van der Waals surface area (Å²) in [5.41, 5.74) is 3.15. The van der Waals surface area contributed by atoms with Gasteiger partial charge in [-0.2, -0.15) is 5.26 Å². The molecule has 144 valence electrons. The smallest absolute Gasteiger partial charge is 0.266 e. The Morgan fingerprint density at radius 3 is 2.34 bits per heavy atom. The number of amides is 1. The summed E-state index contributed by atoms with van der Waals surface area (Å²) in [6.45, 7) is 0. The number of halogens is 3. The fraction of sp³-hybridized carbons (Fsp3) is 0.0435. The van der Waals surface area contributed by atoms with E-state index in [-0.39, 0.29) is 5.57 Å². The maximum absolute atomic E-state index is 12.4. The molecule has 29 heavy (non-hydrogen) atoms. The highest BCUT2D eigenvalue weighted by Crippen LogP contribution is 2.25. The van der Waals surface area contributed by atoms with Gasteiger partial charge in [0.25, 0.3) is 5.91 Å². The average Bonchev–Trinajstić information content (AvgIpc) is 2.71. The van der Waals surface area contributed by atoms with Crippen LogP contribution in [0, 0.1) is 11.3 Å². The molecule has 0 saturated heterocycles. The highest BCUT2D eigenvalue weighted by molar-refractivity contribution is 9.10. The van der Waals surface area contributed by atoms with Crippen molar-refractivity contribution in [3.63, 3.8) is 0 Å². The number of nitrogens with one attached hydrogen (secondary N) is 1. The maximum Gasteiger partial charge on any atom is 0.266 e. The van der Waals surface area contributed by atoms with Gasteiger partial charge in [0.05, 0.1) is 0 Å². The molecule has 0 aliphatic carbocycles. The van der Waals surface area contributed by atoms with E-state index in [0.717, 1.165) is 15.6 Å². The van der Waals surface area contributed by atoms with Crippen LogP contribution in [-0.4, -0.2) is 5.91 Å². The minimum atomic E-state index is -0.480. The Labute approximate surface area is 187 Å². The number of rotatable bonds is 5. The number of carbonyl (C=O) groups excluding carboxylic acids is 1. The normalized spacial score (nSPS) is 11.0. The van der Waals surface area contributed by atoms with E-state index >= 15 is 0 Å². The summed E-state index contributed by atoms with van der Waals surface area (Å²) in [5.74, 6) is -0.480. The minimum Gasteiger partial charge on any atom is -0.321 e. The number of nitrogens with zero attached hydrogens (tertiary/aromatic N) is 1. The molecule has 0 radical (unpaired) electrons. The largest absolute Gasteiger partial charge is 0.321 e. The Kier molecular flexibility index (Phi) is 7.11. The van der Waals surface area contributed by atoms with Crippen LogP contribution in [0.15, 0.2) is 76.8 Å². The second-order valence-electron chi connectivity index (χ2n) is 6.25. The van der Waals surface area contributed by atoms with Gasteiger partial charge in [0.2, 0.25) is 0 Å². The Balaban J connectivity index is 1.78. The number of hydrogen-bond donors (Lipinski definition) is 1. The minimum absolute atomic E-state index is 0.0113. The van der Waals surface area contributed by atoms with E-state index < -0.39 is 5.91 Å². The van der Waals surface area contributed by atoms with Gasteiger partial charge in [-0.05, 0) is 59.2 Å². The second kappa shape index (κ2) is 9.76. The number of anilines is 1. The van der Waals surface area contributed by atoms with Crippen LogP contribution < -0.4 is 5.32 Å². The Morgan fingerprint density at radius 1 is 1.00 bits per heavy atom. The molecule has 0 heterocycles. The summed E-state index contributed by atoms with van der Waals surface area (Å²) in [6.07, 6.45) is 2.11. The Bertz CT molecular complexity index is 1120. The molecule has 1 amide bonds. The van der Waals surface area contributed by atoms with Gasteiger partial charge in [0.15, 0.2) is 0 Å². The van der Waals surface area contributed by atoms with Crippen LogP contribution in [0.2, 0.25) is 10.0 Å². The van der Waals surface area contributed by atoms with Crippen molar-refractivity contribution in [3.05, 3.63) is 104 Å². The van der Waals surface area contributed by atoms with Crippen LogP contribution in [0.3, 0.4) is 0 Å². The van der Waals surface area contributed by atoms with Gasteiger partial charge in [0.1, 0.15) is 11.6 Å². The third-order valence-electron chi connectivity index (χ3n) is 4.19. The van der Waals surface area contributed by atoms with Crippen LogP contribution in [-0.2, 0) is 11.2 Å². The van der Waals surface area contributed by atoms with Crippen LogP contribution in [0.4, 0.5) is 5.69 Å². The molecule has 0 saturated carbocycles. The zero-order valence-corrected chi connectivity index (χ0v) is 18.2. The molecule has 0 aliphatic heterocycles. The first-order valence-electron chi connectivity index (χ1n) is 8.67. The van der Waals surface area contributed by atoms with E-state index in [4.69, 9.17) is 23.2 Å². The monoisotopic (exact) mass is 484 g/mol. The molecule has 0 unspecified atom stereocenters. The highest BCUT2D eigenvalue weighted by Gasteiger charge is 2.11. The van der Waals surface area contributed by atoms with Crippen molar-refractivity contribution in [2.75, 3.05) is 5.32 Å². The van der Waals surface area contributed by atoms with Gasteiger partial charge in [-0.1, -0.05) is 69.5 Å². The lowest BCUT2D eigenvalue weighted by Crippen LogP contribution is -2.13. The summed E-state index contributed by atoms with van der Waals surface area (Å²) >= 11 is 16.0. The van der Waals surface area contributed by atoms with Crippen molar-refractivity contribution < 1.29 is 4.79 Å². The van der Waals surface area contributed by atoms with E-state index in [9.17, 15) is 10.1 Å². The third kappa shape index (κ3) is 5.71. The average molecular weight is 486 g/mol. The lowest BCUT2D eigenvalue weighted by Gasteiger charge is -2.08. The number of carbonyl (C=O) groups is 1. The fourth-order valence-electron chi connectivity index (χ4n) is 2.69. The molecule has 0 spiro atoms. The molecule has 3 rings (SSSR count). The third-order valence-corrected chi connectivity index (χ3v) is 5.44. The molecule has 0 fully saturated rings. The quantitative estimate of drug-likeness (QED) is 0.316. The molecule has 3 nitrogen and oxygen atoms in total. The van der Waals surface area contributed by atoms with Gasteiger partial charge < -0.3 is 5.32 Å². The molecule has 0 aromatic heterocycles. The molecular formula is C23H15BrCl2N2O. The van der Waals surface area contributed by atoms with Crippen LogP contribution >= 0.6 is 39.1 Å². The summed E-state index contributed by atoms with van der Waals surface area (Å²) in [6, 6.07) is 22.1. The molecule has 0 aliphatic rings. The van der Waals surface area contributed by atoms with Crippen molar-refractivity contribution >= 4 is 56.8 Å². The first-order chi connectivity index (χ1) is 14.0. The summed E-state index contributed by atoms with van der Waals surface area (Å²) in [7, 11) is 0. The van der Waals surface area contributed by atoms with Crippen LogP contribution in [0.25, 0.3) is 6.08 Å². The number of benzene rings is 3. The van der Waals surface area contributed by atoms with Crippen molar-refractivity contribution in [2.24, 2.45) is 0 Å². The zero-order chi connectivity index (χ0) is 20.8. The Morgan fingerprint density at radius 2 is 1.69 bits per heavy atom. The predicted octanol–water partition coefficient (Wildman–Crippen LogP) is 6.89. The summed E-state index contributed by atoms with van der Waals surface area (Å²) in [4.78, 5) is 12.4. The molecular weight excluding hydrogens is 471 g/mol. The van der Waals surface area contributed by atoms with Crippen molar-refractivity contribution in [3.8, 4) is 6.07 Å². The number of hydrogen-bond acceptors (Lipinski definition) is 2. The van der Waals surface area contributed by atoms with E-state index in [1.165, 1.54) is 6.08 Å². The first kappa shape index (κ1) is 21.1. The van der Waals surface area contributed by atoms with E-state index in [1.54, 1.807) is 18.2 Å². The Hall–Kier alpha value is -2.58. The maximum atomic E-state index is 12.4. The van der Waals surface area contributed by atoms with Gasteiger partial charge in [-0.25, -0.2) is 0 Å². The fourth-order valence-corrected chi connectivity index (χ4v) is 3.41. The predicted molar refractivity (Wildman–Crippen MR) is 122 cm³/mol. The van der Waals surface area contributed by atoms with Crippen LogP contribution in [0.1, 0.15) is 16.7 Å². The van der Waals surface area contributed by atoms with E-state index in [2.05, 4.69) is 21.2 Å². The lowest BCUT2D eigenvalue weighted by atomic mass is 10.0. The first-order valence-corrected chi connectivity index (χ1v) is 10.2. The second-order valence-corrected chi connectivity index (χ2v) is 7.98. The van der Waals surface area contributed by atoms with Crippen molar-refractivity contribution in [1.29, 1.82) is 5.26 Å². The van der Waals surface area contributed by atoms with E-state index in [1.807, 2.05) is 54.6 Å². The molecule has 6 heteroatoms. The molecule has 0 atom stereocenters. The zero-order valence-electron chi connectivity index (χ0n) is 15.1. The molecule has 3 aromatic rings. The van der Waals surface area contributed by atoms with Gasteiger partial charge in [0, 0.05) is 26.6 Å². The molecule has 1 N–H and O–H groups in total. The van der Waals surface area contributed by atoms with Crippen molar-refractivity contribution in [2.45, 2.75) is 6.42 Å². The van der Waals surface area contributed by atoms with Gasteiger partial charge in [-0.3, -0.25) is 4.79 Å². The topological polar surface area (TPSA) is 52.9 Å². The van der Waals surface area contributed by atoms with Gasteiger partial charge in [-0.15, -0.1) is 0 Å². The van der Waals surface area contributed by atoms with Crippen molar-refractivity contribution in [1.82, 2.24) is 0 Å². The molecule has 3 aromatic carbocycles. The highest BCUT2D eigenvalue weighted by atomic mass is 79.9. The van der Waals surface area contributed by atoms with Crippen LogP contribution in [0.5, 0.6) is 0 Å². The standard InChI is InChI=1S/C23H15BrCl2N2O/c24-19-7-9-20(10-8-19)28-23(29)18(14-27)11-15-5-6-17(22(26)12-15)13-16-3-1-2-4-21(16)25/h1-12H,13H2,(H,28,29)/b18-11+. The summed E-state index contributed by atoms with van der Waals surface area (Å²) in [5, 5.41) is 13.3. The number of nitriles is 1. The summed E-state index contributed by atoms with van der Waals surface area (Å²) < 4.78 is 0.901. The lowest BCUT2D eigenvalue weighted by molar-refractivity contribution is -0.112. The van der Waals surface area contributed by atoms with E-state index in [0.29, 0.717) is 27.7 Å².